The van der Waals surface area contributed by atoms with Gasteiger partial charge in [0.2, 0.25) is 0 Å². The third kappa shape index (κ3) is 2.76. The van der Waals surface area contributed by atoms with E-state index in [1.165, 1.54) is 0 Å². The van der Waals surface area contributed by atoms with Crippen molar-refractivity contribution >= 4 is 11.6 Å². The number of hydrogen-bond acceptors (Lipinski definition) is 2. The summed E-state index contributed by atoms with van der Waals surface area (Å²) in [6.45, 7) is 1.87. The smallest absolute Gasteiger partial charge is 0.255 e. The van der Waals surface area contributed by atoms with Crippen LogP contribution in [-0.4, -0.2) is 11.0 Å². The lowest BCUT2D eigenvalue weighted by Gasteiger charge is -2.08. The lowest BCUT2D eigenvalue weighted by atomic mass is 10.1. The number of amides is 1. The molecule has 0 aromatic heterocycles. The topological polar surface area (TPSA) is 49.3 Å². The molecule has 0 atom stereocenters. The number of hydrogen-bond donors (Lipinski definition) is 2. The molecule has 18 heavy (non-hydrogen) atoms. The highest BCUT2D eigenvalue weighted by Crippen LogP contribution is 2.14. The zero-order valence-corrected chi connectivity index (χ0v) is 10.2. The Kier molecular flexibility index (Phi) is 3.75. The summed E-state index contributed by atoms with van der Waals surface area (Å²) >= 11 is 0. The Balaban J connectivity index is 2.19. The molecule has 3 heteroatoms. The van der Waals surface area contributed by atoms with Gasteiger partial charge in [0.15, 0.2) is 0 Å². The molecule has 0 aliphatic carbocycles. The van der Waals surface area contributed by atoms with Gasteiger partial charge < -0.3 is 10.4 Å². The van der Waals surface area contributed by atoms with Gasteiger partial charge in [0, 0.05) is 11.3 Å². The maximum atomic E-state index is 12.1. The normalized spacial score (nSPS) is 10.1. The molecule has 2 N–H and O–H groups in total. The highest BCUT2D eigenvalue weighted by Gasteiger charge is 2.08. The van der Waals surface area contributed by atoms with Gasteiger partial charge in [-0.2, -0.15) is 0 Å². The molecule has 2 aromatic rings. The molecule has 0 heterocycles. The van der Waals surface area contributed by atoms with Gasteiger partial charge in [-0.15, -0.1) is 0 Å². The number of aliphatic hydroxyl groups excluding tert-OH is 1. The fourth-order valence-electron chi connectivity index (χ4n) is 1.77. The molecule has 0 radical (unpaired) electrons. The van der Waals surface area contributed by atoms with E-state index < -0.39 is 0 Å². The average Bonchev–Trinajstić information content (AvgIpc) is 2.39. The lowest BCUT2D eigenvalue weighted by Crippen LogP contribution is -2.13. The van der Waals surface area contributed by atoms with E-state index in [9.17, 15) is 4.79 Å². The minimum absolute atomic E-state index is 0.0337. The van der Waals surface area contributed by atoms with Crippen LogP contribution in [0.15, 0.2) is 48.5 Å². The van der Waals surface area contributed by atoms with E-state index in [0.717, 1.165) is 11.1 Å². The second-order valence-corrected chi connectivity index (χ2v) is 4.13. The van der Waals surface area contributed by atoms with Crippen molar-refractivity contribution in [2.75, 3.05) is 5.32 Å². The minimum atomic E-state index is -0.136. The van der Waals surface area contributed by atoms with E-state index in [4.69, 9.17) is 5.11 Å². The number of anilines is 1. The van der Waals surface area contributed by atoms with Gasteiger partial charge in [-0.25, -0.2) is 0 Å². The summed E-state index contributed by atoms with van der Waals surface area (Å²) in [5, 5.41) is 11.9. The number of nitrogens with one attached hydrogen (secondary N) is 1. The predicted molar refractivity (Wildman–Crippen MR) is 71.5 cm³/mol. The summed E-state index contributed by atoms with van der Waals surface area (Å²) in [6, 6.07) is 14.6. The number of benzene rings is 2. The molecule has 0 unspecified atom stereocenters. The van der Waals surface area contributed by atoms with Crippen LogP contribution in [0.25, 0.3) is 0 Å². The lowest BCUT2D eigenvalue weighted by molar-refractivity contribution is 0.102. The molecule has 0 aliphatic rings. The van der Waals surface area contributed by atoms with Crippen LogP contribution >= 0.6 is 0 Å². The van der Waals surface area contributed by atoms with Crippen LogP contribution < -0.4 is 5.32 Å². The molecule has 0 bridgehead atoms. The first kappa shape index (κ1) is 12.3. The van der Waals surface area contributed by atoms with Gasteiger partial charge in [0.05, 0.1) is 6.61 Å². The Morgan fingerprint density at radius 3 is 2.67 bits per heavy atom. The molecule has 92 valence electrons. The van der Waals surface area contributed by atoms with Crippen molar-refractivity contribution < 1.29 is 9.90 Å². The highest BCUT2D eigenvalue weighted by molar-refractivity contribution is 6.05. The van der Waals surface area contributed by atoms with Gasteiger partial charge in [-0.1, -0.05) is 30.3 Å². The van der Waals surface area contributed by atoms with Crippen molar-refractivity contribution in [2.24, 2.45) is 0 Å². The molecule has 3 nitrogen and oxygen atoms in total. The van der Waals surface area contributed by atoms with Crippen LogP contribution in [0, 0.1) is 6.92 Å². The quantitative estimate of drug-likeness (QED) is 0.868. The summed E-state index contributed by atoms with van der Waals surface area (Å²) < 4.78 is 0. The van der Waals surface area contributed by atoms with E-state index in [1.54, 1.807) is 24.3 Å². The Hall–Kier alpha value is -2.13. The summed E-state index contributed by atoms with van der Waals surface area (Å²) in [6.07, 6.45) is 0. The molecule has 0 aliphatic heterocycles. The second kappa shape index (κ2) is 5.47. The van der Waals surface area contributed by atoms with Crippen LogP contribution in [0.3, 0.4) is 0 Å². The standard InChI is InChI=1S/C15H15NO2/c1-11-5-2-3-8-14(11)15(18)16-13-7-4-6-12(9-13)10-17/h2-9,17H,10H2,1H3,(H,16,18). The van der Waals surface area contributed by atoms with Crippen LogP contribution in [0.1, 0.15) is 21.5 Å². The summed E-state index contributed by atoms with van der Waals surface area (Å²) in [5.74, 6) is -0.136. The third-order valence-electron chi connectivity index (χ3n) is 2.76. The van der Waals surface area contributed by atoms with Crippen LogP contribution in [0.4, 0.5) is 5.69 Å². The number of aryl methyl sites for hydroxylation is 1. The fraction of sp³-hybridized carbons (Fsp3) is 0.133. The minimum Gasteiger partial charge on any atom is -0.392 e. The SMILES string of the molecule is Cc1ccccc1C(=O)Nc1cccc(CO)c1. The van der Waals surface area contributed by atoms with Crippen molar-refractivity contribution in [3.05, 3.63) is 65.2 Å². The van der Waals surface area contributed by atoms with E-state index in [1.807, 2.05) is 31.2 Å². The van der Waals surface area contributed by atoms with Gasteiger partial charge >= 0.3 is 0 Å². The summed E-state index contributed by atoms with van der Waals surface area (Å²) in [4.78, 5) is 12.1. The Labute approximate surface area is 106 Å². The molecular formula is C15H15NO2. The van der Waals surface area contributed by atoms with E-state index in [-0.39, 0.29) is 12.5 Å². The number of aliphatic hydroxyl groups is 1. The number of carbonyl (C=O) groups excluding carboxylic acids is 1. The maximum Gasteiger partial charge on any atom is 0.255 e. The molecule has 0 saturated carbocycles. The van der Waals surface area contributed by atoms with Gasteiger partial charge in [-0.3, -0.25) is 4.79 Å². The van der Waals surface area contributed by atoms with Crippen molar-refractivity contribution in [3.8, 4) is 0 Å². The van der Waals surface area contributed by atoms with Gasteiger partial charge in [0.1, 0.15) is 0 Å². The van der Waals surface area contributed by atoms with Gasteiger partial charge in [-0.05, 0) is 36.2 Å². The molecule has 2 rings (SSSR count). The summed E-state index contributed by atoms with van der Waals surface area (Å²) in [5.41, 5.74) is 3.06. The monoisotopic (exact) mass is 241 g/mol. The maximum absolute atomic E-state index is 12.1. The first-order chi connectivity index (χ1) is 8.70. The van der Waals surface area contributed by atoms with Crippen LogP contribution in [0.2, 0.25) is 0 Å². The third-order valence-corrected chi connectivity index (χ3v) is 2.76. The van der Waals surface area contributed by atoms with Crippen molar-refractivity contribution in [1.82, 2.24) is 0 Å². The van der Waals surface area contributed by atoms with E-state index in [0.29, 0.717) is 11.3 Å². The molecule has 1 amide bonds. The zero-order valence-electron chi connectivity index (χ0n) is 10.2. The largest absolute Gasteiger partial charge is 0.392 e. The van der Waals surface area contributed by atoms with Crippen LogP contribution in [0.5, 0.6) is 0 Å². The number of carbonyl (C=O) groups is 1. The molecule has 2 aromatic carbocycles. The second-order valence-electron chi connectivity index (χ2n) is 4.13. The Morgan fingerprint density at radius 2 is 1.94 bits per heavy atom. The first-order valence-electron chi connectivity index (χ1n) is 5.77. The molecule has 0 fully saturated rings. The molecule has 0 saturated heterocycles. The number of rotatable bonds is 3. The fourth-order valence-corrected chi connectivity index (χ4v) is 1.77. The first-order valence-corrected chi connectivity index (χ1v) is 5.77. The van der Waals surface area contributed by atoms with Gasteiger partial charge in [0.25, 0.3) is 5.91 Å². The van der Waals surface area contributed by atoms with Crippen LogP contribution in [-0.2, 0) is 6.61 Å². The van der Waals surface area contributed by atoms with E-state index in [2.05, 4.69) is 5.32 Å². The van der Waals surface area contributed by atoms with E-state index >= 15 is 0 Å². The average molecular weight is 241 g/mol. The molecular weight excluding hydrogens is 226 g/mol. The summed E-state index contributed by atoms with van der Waals surface area (Å²) in [7, 11) is 0. The Morgan fingerprint density at radius 1 is 1.17 bits per heavy atom. The zero-order chi connectivity index (χ0) is 13.0. The van der Waals surface area contributed by atoms with Crippen molar-refractivity contribution in [2.45, 2.75) is 13.5 Å². The molecule has 0 spiro atoms. The predicted octanol–water partition coefficient (Wildman–Crippen LogP) is 2.74. The highest BCUT2D eigenvalue weighted by atomic mass is 16.3. The van der Waals surface area contributed by atoms with Crippen molar-refractivity contribution in [1.29, 1.82) is 0 Å². The van der Waals surface area contributed by atoms with Crippen molar-refractivity contribution in [3.63, 3.8) is 0 Å². The Bertz CT molecular complexity index is 564.